The van der Waals surface area contributed by atoms with Crippen LogP contribution < -0.4 is 10.1 Å². The highest BCUT2D eigenvalue weighted by molar-refractivity contribution is 7.80. The normalized spacial score (nSPS) is 19.0. The van der Waals surface area contributed by atoms with Crippen LogP contribution in [0, 0.1) is 13.8 Å². The van der Waals surface area contributed by atoms with Crippen LogP contribution in [0.15, 0.2) is 42.5 Å². The molecule has 0 unspecified atom stereocenters. The summed E-state index contributed by atoms with van der Waals surface area (Å²) in [6.07, 6.45) is 0.324. The van der Waals surface area contributed by atoms with Crippen molar-refractivity contribution in [3.05, 3.63) is 59.2 Å². The van der Waals surface area contributed by atoms with Gasteiger partial charge in [0.15, 0.2) is 6.61 Å². The predicted octanol–water partition coefficient (Wildman–Crippen LogP) is 4.11. The molecular formula is C23H28N2O3S. The molecule has 6 heteroatoms. The molecule has 2 aromatic rings. The Hall–Kier alpha value is -2.44. The van der Waals surface area contributed by atoms with Crippen molar-refractivity contribution in [3.8, 4) is 5.75 Å². The topological polar surface area (TPSA) is 50.8 Å². The third-order valence-electron chi connectivity index (χ3n) is 4.68. The zero-order valence-corrected chi connectivity index (χ0v) is 18.2. The Morgan fingerprint density at radius 2 is 1.69 bits per heavy atom. The first-order valence-corrected chi connectivity index (χ1v) is 10.3. The van der Waals surface area contributed by atoms with Gasteiger partial charge in [0.05, 0.1) is 12.2 Å². The highest BCUT2D eigenvalue weighted by atomic mass is 32.1. The Kier molecular flexibility index (Phi) is 6.87. The van der Waals surface area contributed by atoms with E-state index in [2.05, 4.69) is 30.1 Å². The van der Waals surface area contributed by atoms with Crippen LogP contribution in [0.5, 0.6) is 5.75 Å². The van der Waals surface area contributed by atoms with Crippen molar-refractivity contribution in [2.45, 2.75) is 39.9 Å². The lowest BCUT2D eigenvalue weighted by Gasteiger charge is -2.37. The summed E-state index contributed by atoms with van der Waals surface area (Å²) < 4.78 is 11.4. The average Bonchev–Trinajstić information content (AvgIpc) is 2.64. The lowest BCUT2D eigenvalue weighted by atomic mass is 10.1. The molecular weight excluding hydrogens is 384 g/mol. The fourth-order valence-electron chi connectivity index (χ4n) is 3.61. The number of aryl methyl sites for hydroxylation is 2. The van der Waals surface area contributed by atoms with Crippen molar-refractivity contribution >= 4 is 28.8 Å². The minimum absolute atomic E-state index is 0.0464. The highest BCUT2D eigenvalue weighted by Crippen LogP contribution is 2.18. The van der Waals surface area contributed by atoms with E-state index in [0.29, 0.717) is 5.75 Å². The maximum Gasteiger partial charge on any atom is 0.262 e. The average molecular weight is 413 g/mol. The number of hydrogen-bond acceptors (Lipinski definition) is 4. The fraction of sp³-hybridized carbons (Fsp3) is 0.391. The van der Waals surface area contributed by atoms with Crippen molar-refractivity contribution in [2.24, 2.45) is 0 Å². The number of nitrogens with zero attached hydrogens (tertiary/aromatic N) is 1. The minimum atomic E-state index is -0.189. The monoisotopic (exact) mass is 412 g/mol. The summed E-state index contributed by atoms with van der Waals surface area (Å²) in [5.41, 5.74) is 3.97. The largest absolute Gasteiger partial charge is 0.484 e. The molecule has 1 amide bonds. The van der Waals surface area contributed by atoms with Crippen LogP contribution in [-0.4, -0.2) is 47.7 Å². The molecule has 1 aliphatic heterocycles. The second-order valence-corrected chi connectivity index (χ2v) is 8.09. The van der Waals surface area contributed by atoms with Crippen molar-refractivity contribution in [1.82, 2.24) is 4.90 Å². The SMILES string of the molecule is Cc1cc(C)cc(NC(=O)COc2ccc(C(=S)N3C[C@@H](C)O[C@@H](C)C3)cc2)c1. The first kappa shape index (κ1) is 21.3. The first-order chi connectivity index (χ1) is 13.8. The Bertz CT molecular complexity index is 852. The molecule has 29 heavy (non-hydrogen) atoms. The lowest BCUT2D eigenvalue weighted by Crippen LogP contribution is -2.47. The van der Waals surface area contributed by atoms with Gasteiger partial charge in [-0.05, 0) is 75.2 Å². The van der Waals surface area contributed by atoms with Gasteiger partial charge in [0.2, 0.25) is 0 Å². The van der Waals surface area contributed by atoms with Crippen LogP contribution in [0.2, 0.25) is 0 Å². The number of carbonyl (C=O) groups excluding carboxylic acids is 1. The van der Waals surface area contributed by atoms with E-state index in [4.69, 9.17) is 21.7 Å². The molecule has 2 atom stereocenters. The predicted molar refractivity (Wildman–Crippen MR) is 120 cm³/mol. The van der Waals surface area contributed by atoms with Gasteiger partial charge >= 0.3 is 0 Å². The summed E-state index contributed by atoms with van der Waals surface area (Å²) in [5, 5.41) is 2.87. The van der Waals surface area contributed by atoms with Crippen LogP contribution in [0.3, 0.4) is 0 Å². The smallest absolute Gasteiger partial charge is 0.262 e. The maximum absolute atomic E-state index is 12.2. The van der Waals surface area contributed by atoms with Crippen LogP contribution in [0.25, 0.3) is 0 Å². The van der Waals surface area contributed by atoms with E-state index in [9.17, 15) is 4.79 Å². The van der Waals surface area contributed by atoms with Gasteiger partial charge in [-0.15, -0.1) is 0 Å². The van der Waals surface area contributed by atoms with Crippen molar-refractivity contribution in [3.63, 3.8) is 0 Å². The van der Waals surface area contributed by atoms with Crippen molar-refractivity contribution in [1.29, 1.82) is 0 Å². The second-order valence-electron chi connectivity index (χ2n) is 7.71. The number of anilines is 1. The van der Waals surface area contributed by atoms with E-state index in [0.717, 1.165) is 40.5 Å². The summed E-state index contributed by atoms with van der Waals surface area (Å²) in [7, 11) is 0. The van der Waals surface area contributed by atoms with Crippen LogP contribution in [-0.2, 0) is 9.53 Å². The third-order valence-corrected chi connectivity index (χ3v) is 5.18. The summed E-state index contributed by atoms with van der Waals surface area (Å²) in [4.78, 5) is 15.2. The molecule has 0 aromatic heterocycles. The van der Waals surface area contributed by atoms with Gasteiger partial charge in [0.25, 0.3) is 5.91 Å². The molecule has 3 rings (SSSR count). The third kappa shape index (κ3) is 6.02. The van der Waals surface area contributed by atoms with E-state index < -0.39 is 0 Å². The molecule has 0 bridgehead atoms. The summed E-state index contributed by atoms with van der Waals surface area (Å²) >= 11 is 5.66. The molecule has 154 valence electrons. The number of amides is 1. The number of morpholine rings is 1. The summed E-state index contributed by atoms with van der Waals surface area (Å²) in [5.74, 6) is 0.446. The van der Waals surface area contributed by atoms with E-state index >= 15 is 0 Å². The Morgan fingerprint density at radius 1 is 1.10 bits per heavy atom. The molecule has 1 N–H and O–H groups in total. The van der Waals surface area contributed by atoms with Gasteiger partial charge in [-0.2, -0.15) is 0 Å². The van der Waals surface area contributed by atoms with Crippen LogP contribution in [0.1, 0.15) is 30.5 Å². The van der Waals surface area contributed by atoms with E-state index in [1.54, 1.807) is 0 Å². The molecule has 0 aliphatic carbocycles. The molecule has 5 nitrogen and oxygen atoms in total. The molecule has 1 heterocycles. The standard InChI is InChI=1S/C23H28N2O3S/c1-15-9-16(2)11-20(10-15)24-22(26)14-27-21-7-5-19(6-8-21)23(29)25-12-17(3)28-18(4)13-25/h5-11,17-18H,12-14H2,1-4H3,(H,24,26)/t17-,18+. The van der Waals surface area contributed by atoms with E-state index in [-0.39, 0.29) is 24.7 Å². The number of carbonyl (C=O) groups is 1. The quantitative estimate of drug-likeness (QED) is 0.749. The number of hydrogen-bond donors (Lipinski definition) is 1. The molecule has 0 radical (unpaired) electrons. The van der Waals surface area contributed by atoms with Gasteiger partial charge in [-0.1, -0.05) is 18.3 Å². The Morgan fingerprint density at radius 3 is 2.28 bits per heavy atom. The molecule has 1 saturated heterocycles. The second kappa shape index (κ2) is 9.37. The molecule has 0 spiro atoms. The minimum Gasteiger partial charge on any atom is -0.484 e. The number of nitrogens with one attached hydrogen (secondary N) is 1. The first-order valence-electron chi connectivity index (χ1n) is 9.86. The molecule has 2 aromatic carbocycles. The van der Waals surface area contributed by atoms with Gasteiger partial charge < -0.3 is 19.7 Å². The summed E-state index contributed by atoms with van der Waals surface area (Å²) in [6, 6.07) is 13.5. The maximum atomic E-state index is 12.2. The zero-order valence-electron chi connectivity index (χ0n) is 17.4. The number of thiocarbonyl (C=S) groups is 1. The van der Waals surface area contributed by atoms with E-state index in [1.807, 2.05) is 50.2 Å². The Balaban J connectivity index is 1.53. The van der Waals surface area contributed by atoms with Crippen molar-refractivity contribution < 1.29 is 14.3 Å². The lowest BCUT2D eigenvalue weighted by molar-refractivity contribution is -0.118. The van der Waals surface area contributed by atoms with Gasteiger partial charge in [-0.25, -0.2) is 0 Å². The van der Waals surface area contributed by atoms with Gasteiger partial charge in [-0.3, -0.25) is 4.79 Å². The molecule has 1 aliphatic rings. The van der Waals surface area contributed by atoms with Crippen LogP contribution >= 0.6 is 12.2 Å². The number of rotatable bonds is 5. The van der Waals surface area contributed by atoms with Crippen LogP contribution in [0.4, 0.5) is 5.69 Å². The zero-order chi connectivity index (χ0) is 21.0. The molecule has 0 saturated carbocycles. The summed E-state index contributed by atoms with van der Waals surface area (Å²) in [6.45, 7) is 9.67. The van der Waals surface area contributed by atoms with Gasteiger partial charge in [0, 0.05) is 24.3 Å². The number of benzene rings is 2. The van der Waals surface area contributed by atoms with E-state index in [1.165, 1.54) is 0 Å². The molecule has 1 fully saturated rings. The Labute approximate surface area is 178 Å². The van der Waals surface area contributed by atoms with Crippen molar-refractivity contribution in [2.75, 3.05) is 25.0 Å². The fourth-order valence-corrected chi connectivity index (χ4v) is 3.90. The number of ether oxygens (including phenoxy) is 2. The highest BCUT2D eigenvalue weighted by Gasteiger charge is 2.24. The van der Waals surface area contributed by atoms with Gasteiger partial charge in [0.1, 0.15) is 10.7 Å².